The van der Waals surface area contributed by atoms with Crippen LogP contribution in [-0.4, -0.2) is 36.0 Å². The molecule has 0 aliphatic rings. The summed E-state index contributed by atoms with van der Waals surface area (Å²) >= 11 is 0. The Morgan fingerprint density at radius 1 is 0.839 bits per heavy atom. The molecular weight excluding hydrogens is 433 g/mol. The molecule has 162 valence electrons. The lowest BCUT2D eigenvalue weighted by atomic mass is 10.4. The number of benzene rings is 3. The summed E-state index contributed by atoms with van der Waals surface area (Å²) in [5.41, 5.74) is 0. The molecule has 0 saturated heterocycles. The zero-order valence-electron chi connectivity index (χ0n) is 17.1. The van der Waals surface area contributed by atoms with Gasteiger partial charge in [-0.15, -0.1) is 0 Å². The average Bonchev–Trinajstić information content (AvgIpc) is 2.78. The van der Waals surface area contributed by atoms with Gasteiger partial charge in [0, 0.05) is 0 Å². The normalized spacial score (nSPS) is 11.6. The summed E-state index contributed by atoms with van der Waals surface area (Å²) in [4.78, 5) is 23.0. The highest BCUT2D eigenvalue weighted by atomic mass is 35.5. The molecule has 2 N–H and O–H groups in total. The number of hydrogen-bond acceptors (Lipinski definition) is 3. The third-order valence-electron chi connectivity index (χ3n) is 4.96. The highest BCUT2D eigenvalue weighted by molar-refractivity contribution is 7.95. The second kappa shape index (κ2) is 11.5. The number of amides is 1. The molecule has 0 aliphatic carbocycles. The Morgan fingerprint density at radius 3 is 1.58 bits per heavy atom. The molecule has 0 saturated carbocycles. The molecule has 3 aromatic rings. The summed E-state index contributed by atoms with van der Waals surface area (Å²) in [6.07, 6.45) is -0.114. The minimum Gasteiger partial charge on any atom is -1.00 e. The number of hydrogen-bond donors (Lipinski definition) is 2. The molecule has 31 heavy (non-hydrogen) atoms. The molecule has 0 heterocycles. The minimum atomic E-state index is -2.08. The van der Waals surface area contributed by atoms with Gasteiger partial charge in [0.2, 0.25) is 0 Å². The van der Waals surface area contributed by atoms with Gasteiger partial charge < -0.3 is 27.6 Å². The number of rotatable bonds is 8. The third-order valence-corrected chi connectivity index (χ3v) is 9.35. The van der Waals surface area contributed by atoms with E-state index in [9.17, 15) is 9.59 Å². The fourth-order valence-corrected chi connectivity index (χ4v) is 7.51. The molecule has 0 aliphatic heterocycles. The zero-order chi connectivity index (χ0) is 21.4. The predicted octanol–water partition coefficient (Wildman–Crippen LogP) is 0.184. The van der Waals surface area contributed by atoms with Crippen molar-refractivity contribution in [3.05, 3.63) is 91.0 Å². The number of carboxylic acids is 1. The second-order valence-corrected chi connectivity index (χ2v) is 10.5. The number of alkyl carbamates (subject to hydrolysis) is 1. The van der Waals surface area contributed by atoms with Crippen LogP contribution >= 0.6 is 7.26 Å². The van der Waals surface area contributed by atoms with E-state index < -0.39 is 25.4 Å². The lowest BCUT2D eigenvalue weighted by molar-refractivity contribution is -0.138. The van der Waals surface area contributed by atoms with Crippen LogP contribution in [0.4, 0.5) is 4.79 Å². The monoisotopic (exact) mass is 457 g/mol. The first-order valence-electron chi connectivity index (χ1n) is 9.75. The Morgan fingerprint density at radius 2 is 1.23 bits per heavy atom. The molecule has 0 fully saturated rings. The molecule has 0 bridgehead atoms. The quantitative estimate of drug-likeness (QED) is 0.473. The van der Waals surface area contributed by atoms with Gasteiger partial charge in [0.05, 0.1) is 0 Å². The van der Waals surface area contributed by atoms with E-state index in [-0.39, 0.29) is 19.0 Å². The SMILES string of the molecule is CC(NC(=O)OCC[P+](c1ccccc1)(c1ccccc1)c1ccccc1)C(=O)O.[Cl-]. The number of ether oxygens (including phenoxy) is 1. The highest BCUT2D eigenvalue weighted by Gasteiger charge is 2.45. The van der Waals surface area contributed by atoms with Crippen molar-refractivity contribution in [1.29, 1.82) is 0 Å². The lowest BCUT2D eigenvalue weighted by Gasteiger charge is -2.27. The van der Waals surface area contributed by atoms with Crippen molar-refractivity contribution >= 4 is 35.2 Å². The van der Waals surface area contributed by atoms with Crippen molar-refractivity contribution in [2.75, 3.05) is 12.8 Å². The van der Waals surface area contributed by atoms with Gasteiger partial charge >= 0.3 is 12.1 Å². The summed E-state index contributed by atoms with van der Waals surface area (Å²) in [6.45, 7) is 1.57. The number of nitrogens with one attached hydrogen (secondary N) is 1. The van der Waals surface area contributed by atoms with Crippen molar-refractivity contribution in [3.8, 4) is 0 Å². The first-order valence-corrected chi connectivity index (χ1v) is 11.7. The van der Waals surface area contributed by atoms with E-state index in [2.05, 4.69) is 41.7 Å². The fraction of sp³-hybridized carbons (Fsp3) is 0.167. The Hall–Kier alpha value is -2.88. The van der Waals surface area contributed by atoms with Gasteiger partial charge in [-0.2, -0.15) is 0 Å². The summed E-state index contributed by atoms with van der Waals surface area (Å²) in [7, 11) is -2.08. The fourth-order valence-electron chi connectivity index (χ4n) is 3.44. The van der Waals surface area contributed by atoms with Crippen LogP contribution in [0.25, 0.3) is 0 Å². The number of carbonyl (C=O) groups excluding carboxylic acids is 1. The van der Waals surface area contributed by atoms with Crippen LogP contribution in [0.3, 0.4) is 0 Å². The van der Waals surface area contributed by atoms with E-state index in [1.807, 2.05) is 54.6 Å². The Kier molecular flexibility index (Phi) is 9.04. The number of aliphatic carboxylic acids is 1. The van der Waals surface area contributed by atoms with Crippen LogP contribution in [0.5, 0.6) is 0 Å². The molecule has 1 atom stereocenters. The standard InChI is InChI=1S/C24H24NO4P.ClH/c1-19(23(26)27)25-24(28)29-17-18-30(20-11-5-2-6-12-20,21-13-7-3-8-14-21)22-15-9-4-10-16-22;/h2-16,19H,17-18H2,1H3,(H-,25,26,27,28);1H. The molecule has 1 unspecified atom stereocenters. The van der Waals surface area contributed by atoms with Crippen LogP contribution in [-0.2, 0) is 9.53 Å². The van der Waals surface area contributed by atoms with Gasteiger partial charge in [-0.1, -0.05) is 54.6 Å². The van der Waals surface area contributed by atoms with Crippen molar-refractivity contribution in [3.63, 3.8) is 0 Å². The van der Waals surface area contributed by atoms with Crippen LogP contribution in [0.1, 0.15) is 6.92 Å². The van der Waals surface area contributed by atoms with E-state index in [1.165, 1.54) is 22.8 Å². The summed E-state index contributed by atoms with van der Waals surface area (Å²) in [5.74, 6) is -1.10. The highest BCUT2D eigenvalue weighted by Crippen LogP contribution is 2.54. The topological polar surface area (TPSA) is 75.6 Å². The van der Waals surface area contributed by atoms with Crippen molar-refractivity contribution in [1.82, 2.24) is 5.32 Å². The van der Waals surface area contributed by atoms with Crippen molar-refractivity contribution in [2.24, 2.45) is 0 Å². The Bertz CT molecular complexity index is 874. The Labute approximate surface area is 189 Å². The van der Waals surface area contributed by atoms with Gasteiger partial charge in [0.25, 0.3) is 0 Å². The average molecular weight is 458 g/mol. The molecule has 1 amide bonds. The molecule has 0 radical (unpaired) electrons. The zero-order valence-corrected chi connectivity index (χ0v) is 18.8. The maximum Gasteiger partial charge on any atom is 0.407 e. The maximum atomic E-state index is 12.1. The van der Waals surface area contributed by atoms with Crippen molar-refractivity contribution in [2.45, 2.75) is 13.0 Å². The molecule has 0 spiro atoms. The van der Waals surface area contributed by atoms with Crippen LogP contribution in [0.2, 0.25) is 0 Å². The van der Waals surface area contributed by atoms with Gasteiger partial charge in [0.15, 0.2) is 0 Å². The van der Waals surface area contributed by atoms with E-state index >= 15 is 0 Å². The largest absolute Gasteiger partial charge is 1.00 e. The lowest BCUT2D eigenvalue weighted by Crippen LogP contribution is -3.00. The van der Waals surface area contributed by atoms with Crippen LogP contribution < -0.4 is 33.6 Å². The van der Waals surface area contributed by atoms with E-state index in [0.717, 1.165) is 0 Å². The Balaban J connectivity index is 0.00000341. The molecule has 3 rings (SSSR count). The smallest absolute Gasteiger partial charge is 0.407 e. The van der Waals surface area contributed by atoms with Gasteiger partial charge in [0.1, 0.15) is 42.0 Å². The number of carboxylic acid groups (broad SMARTS) is 1. The van der Waals surface area contributed by atoms with Gasteiger partial charge in [-0.05, 0) is 43.3 Å². The molecule has 7 heteroatoms. The molecule has 0 aromatic heterocycles. The summed E-state index contributed by atoms with van der Waals surface area (Å²) < 4.78 is 5.40. The summed E-state index contributed by atoms with van der Waals surface area (Å²) in [5, 5.41) is 14.9. The van der Waals surface area contributed by atoms with Crippen molar-refractivity contribution < 1.29 is 31.8 Å². The van der Waals surface area contributed by atoms with E-state index in [1.54, 1.807) is 0 Å². The number of halogens is 1. The summed E-state index contributed by atoms with van der Waals surface area (Å²) in [6, 6.07) is 29.9. The molecular formula is C24H25ClNO4P. The van der Waals surface area contributed by atoms with Crippen LogP contribution in [0.15, 0.2) is 91.0 Å². The van der Waals surface area contributed by atoms with E-state index in [0.29, 0.717) is 6.16 Å². The van der Waals surface area contributed by atoms with Gasteiger partial charge in [-0.3, -0.25) is 4.79 Å². The number of carbonyl (C=O) groups is 2. The first-order chi connectivity index (χ1) is 14.5. The second-order valence-electron chi connectivity index (χ2n) is 6.88. The predicted molar refractivity (Wildman–Crippen MR) is 122 cm³/mol. The van der Waals surface area contributed by atoms with Gasteiger partial charge in [-0.25, -0.2) is 4.79 Å². The molecule has 5 nitrogen and oxygen atoms in total. The third kappa shape index (κ3) is 5.84. The molecule has 3 aromatic carbocycles. The minimum absolute atomic E-state index is 0. The first kappa shape index (κ1) is 24.4. The maximum absolute atomic E-state index is 12.1. The van der Waals surface area contributed by atoms with Crippen LogP contribution in [0, 0.1) is 0 Å². The van der Waals surface area contributed by atoms with E-state index in [4.69, 9.17) is 9.84 Å².